The Hall–Kier alpha value is -1.36. The first-order valence-electron chi connectivity index (χ1n) is 6.50. The first-order valence-corrected chi connectivity index (χ1v) is 7.49. The fourth-order valence-electron chi connectivity index (χ4n) is 2.22. The summed E-state index contributed by atoms with van der Waals surface area (Å²) in [6, 6.07) is 5.90. The van der Waals surface area contributed by atoms with Crippen molar-refractivity contribution in [1.82, 2.24) is 0 Å². The predicted octanol–water partition coefficient (Wildman–Crippen LogP) is 2.86. The maximum Gasteiger partial charge on any atom is 0.313 e. The Balaban J connectivity index is 2.20. The standard InChI is InChI=1S/C14H19NO3S/c1-3-6-15-8-10(2)18-13-5-4-11(7-12(13)15)19-9-14(16)17/h4-5,7,10H,3,6,8-9H2,1-2H3,(H,16,17). The Morgan fingerprint density at radius 1 is 1.58 bits per heavy atom. The Labute approximate surface area is 117 Å². The van der Waals surface area contributed by atoms with Crippen molar-refractivity contribution in [2.75, 3.05) is 23.7 Å². The van der Waals surface area contributed by atoms with E-state index in [1.807, 2.05) is 18.2 Å². The van der Waals surface area contributed by atoms with E-state index in [0.29, 0.717) is 0 Å². The molecule has 1 aromatic carbocycles. The van der Waals surface area contributed by atoms with Gasteiger partial charge in [0.15, 0.2) is 0 Å². The number of aliphatic carboxylic acids is 1. The van der Waals surface area contributed by atoms with E-state index in [9.17, 15) is 4.79 Å². The highest BCUT2D eigenvalue weighted by atomic mass is 32.2. The molecular weight excluding hydrogens is 262 g/mol. The molecule has 1 aliphatic rings. The van der Waals surface area contributed by atoms with Crippen molar-refractivity contribution in [2.45, 2.75) is 31.3 Å². The lowest BCUT2D eigenvalue weighted by Gasteiger charge is -2.35. The molecule has 1 heterocycles. The van der Waals surface area contributed by atoms with Crippen LogP contribution in [0, 0.1) is 0 Å². The van der Waals surface area contributed by atoms with E-state index < -0.39 is 5.97 Å². The molecule has 4 nitrogen and oxygen atoms in total. The van der Waals surface area contributed by atoms with Gasteiger partial charge in [0.1, 0.15) is 11.9 Å². The number of carboxylic acid groups (broad SMARTS) is 1. The fourth-order valence-corrected chi connectivity index (χ4v) is 2.87. The molecule has 0 bridgehead atoms. The summed E-state index contributed by atoms with van der Waals surface area (Å²) in [6.07, 6.45) is 1.27. The molecule has 1 N–H and O–H groups in total. The van der Waals surface area contributed by atoms with Crippen molar-refractivity contribution < 1.29 is 14.6 Å². The summed E-state index contributed by atoms with van der Waals surface area (Å²) >= 11 is 1.34. The van der Waals surface area contributed by atoms with Crippen LogP contribution in [-0.2, 0) is 4.79 Å². The molecule has 1 atom stereocenters. The summed E-state index contributed by atoms with van der Waals surface area (Å²) in [4.78, 5) is 13.9. The minimum Gasteiger partial charge on any atom is -0.487 e. The zero-order chi connectivity index (χ0) is 13.8. The van der Waals surface area contributed by atoms with Gasteiger partial charge in [-0.05, 0) is 31.5 Å². The quantitative estimate of drug-likeness (QED) is 0.841. The van der Waals surface area contributed by atoms with Crippen LogP contribution in [0.3, 0.4) is 0 Å². The van der Waals surface area contributed by atoms with E-state index in [2.05, 4.69) is 18.7 Å². The van der Waals surface area contributed by atoms with Gasteiger partial charge in [-0.2, -0.15) is 0 Å². The van der Waals surface area contributed by atoms with E-state index in [4.69, 9.17) is 9.84 Å². The maximum absolute atomic E-state index is 10.6. The van der Waals surface area contributed by atoms with E-state index in [-0.39, 0.29) is 11.9 Å². The van der Waals surface area contributed by atoms with E-state index in [1.165, 1.54) is 11.8 Å². The molecule has 104 valence electrons. The minimum atomic E-state index is -0.794. The average Bonchev–Trinajstić information content (AvgIpc) is 2.36. The number of ether oxygens (including phenoxy) is 1. The lowest BCUT2D eigenvalue weighted by atomic mass is 10.2. The van der Waals surface area contributed by atoms with Gasteiger partial charge in [-0.25, -0.2) is 0 Å². The van der Waals surface area contributed by atoms with Crippen LogP contribution >= 0.6 is 11.8 Å². The zero-order valence-electron chi connectivity index (χ0n) is 11.3. The Morgan fingerprint density at radius 2 is 2.37 bits per heavy atom. The highest BCUT2D eigenvalue weighted by Gasteiger charge is 2.22. The molecule has 19 heavy (non-hydrogen) atoms. The van der Waals surface area contributed by atoms with Crippen molar-refractivity contribution in [3.8, 4) is 5.75 Å². The normalized spacial score (nSPS) is 17.8. The van der Waals surface area contributed by atoms with E-state index in [0.717, 1.165) is 35.8 Å². The zero-order valence-corrected chi connectivity index (χ0v) is 12.1. The predicted molar refractivity (Wildman–Crippen MR) is 77.4 cm³/mol. The van der Waals surface area contributed by atoms with E-state index in [1.54, 1.807) is 0 Å². The second-order valence-corrected chi connectivity index (χ2v) is 5.74. The summed E-state index contributed by atoms with van der Waals surface area (Å²) in [5.74, 6) is 0.189. The van der Waals surface area contributed by atoms with Crippen LogP contribution in [0.4, 0.5) is 5.69 Å². The number of hydrogen-bond acceptors (Lipinski definition) is 4. The number of hydrogen-bond donors (Lipinski definition) is 1. The highest BCUT2D eigenvalue weighted by Crippen LogP contribution is 2.36. The largest absolute Gasteiger partial charge is 0.487 e. The molecule has 0 spiro atoms. The minimum absolute atomic E-state index is 0.0871. The van der Waals surface area contributed by atoms with Gasteiger partial charge >= 0.3 is 5.97 Å². The smallest absolute Gasteiger partial charge is 0.313 e. The van der Waals surface area contributed by atoms with Crippen molar-refractivity contribution in [3.63, 3.8) is 0 Å². The summed E-state index contributed by atoms with van der Waals surface area (Å²) in [5, 5.41) is 8.73. The number of benzene rings is 1. The number of fused-ring (bicyclic) bond motifs is 1. The number of rotatable bonds is 5. The Bertz CT molecular complexity index is 464. The SMILES string of the molecule is CCCN1CC(C)Oc2ccc(SCC(=O)O)cc21. The van der Waals surface area contributed by atoms with Crippen LogP contribution in [0.1, 0.15) is 20.3 Å². The lowest BCUT2D eigenvalue weighted by Crippen LogP contribution is -2.38. The van der Waals surface area contributed by atoms with Gasteiger partial charge in [0.2, 0.25) is 0 Å². The topological polar surface area (TPSA) is 49.8 Å². The molecular formula is C14H19NO3S. The molecule has 1 aliphatic heterocycles. The van der Waals surface area contributed by atoms with Crippen LogP contribution < -0.4 is 9.64 Å². The molecule has 0 amide bonds. The molecule has 2 rings (SSSR count). The van der Waals surface area contributed by atoms with Crippen molar-refractivity contribution in [2.24, 2.45) is 0 Å². The average molecular weight is 281 g/mol. The first-order chi connectivity index (χ1) is 9.10. The molecule has 0 aromatic heterocycles. The fraction of sp³-hybridized carbons (Fsp3) is 0.500. The molecule has 0 saturated carbocycles. The second kappa shape index (κ2) is 6.19. The van der Waals surface area contributed by atoms with Gasteiger partial charge in [-0.15, -0.1) is 11.8 Å². The summed E-state index contributed by atoms with van der Waals surface area (Å²) in [7, 11) is 0. The molecule has 5 heteroatoms. The third-order valence-corrected chi connectivity index (χ3v) is 3.91. The van der Waals surface area contributed by atoms with Crippen LogP contribution in [0.15, 0.2) is 23.1 Å². The number of anilines is 1. The summed E-state index contributed by atoms with van der Waals surface area (Å²) in [5.41, 5.74) is 1.08. The molecule has 1 aromatic rings. The molecule has 0 aliphatic carbocycles. The summed E-state index contributed by atoms with van der Waals surface area (Å²) < 4.78 is 5.82. The van der Waals surface area contributed by atoms with Gasteiger partial charge in [0, 0.05) is 11.4 Å². The van der Waals surface area contributed by atoms with Gasteiger partial charge in [0.05, 0.1) is 18.0 Å². The summed E-state index contributed by atoms with van der Waals surface area (Å²) in [6.45, 7) is 6.10. The number of thioether (sulfide) groups is 1. The van der Waals surface area contributed by atoms with Gasteiger partial charge in [0.25, 0.3) is 0 Å². The van der Waals surface area contributed by atoms with Crippen LogP contribution in [0.25, 0.3) is 0 Å². The number of carbonyl (C=O) groups is 1. The Kier molecular flexibility index (Phi) is 4.58. The van der Waals surface area contributed by atoms with Crippen LogP contribution in [0.5, 0.6) is 5.75 Å². The van der Waals surface area contributed by atoms with Gasteiger partial charge < -0.3 is 14.7 Å². The third kappa shape index (κ3) is 3.56. The number of nitrogens with zero attached hydrogens (tertiary/aromatic N) is 1. The van der Waals surface area contributed by atoms with Gasteiger partial charge in [-0.1, -0.05) is 6.92 Å². The number of carboxylic acids is 1. The third-order valence-electron chi connectivity index (χ3n) is 2.93. The van der Waals surface area contributed by atoms with E-state index >= 15 is 0 Å². The molecule has 1 unspecified atom stereocenters. The van der Waals surface area contributed by atoms with Crippen molar-refractivity contribution in [3.05, 3.63) is 18.2 Å². The lowest BCUT2D eigenvalue weighted by molar-refractivity contribution is -0.133. The first kappa shape index (κ1) is 14.1. The molecule has 0 radical (unpaired) electrons. The second-order valence-electron chi connectivity index (χ2n) is 4.69. The monoisotopic (exact) mass is 281 g/mol. The van der Waals surface area contributed by atoms with Crippen LogP contribution in [0.2, 0.25) is 0 Å². The maximum atomic E-state index is 10.6. The highest BCUT2D eigenvalue weighted by molar-refractivity contribution is 8.00. The molecule has 0 fully saturated rings. The van der Waals surface area contributed by atoms with Crippen molar-refractivity contribution in [1.29, 1.82) is 0 Å². The van der Waals surface area contributed by atoms with Gasteiger partial charge in [-0.3, -0.25) is 4.79 Å². The Morgan fingerprint density at radius 3 is 3.05 bits per heavy atom. The molecule has 0 saturated heterocycles. The van der Waals surface area contributed by atoms with Crippen LogP contribution in [-0.4, -0.2) is 36.0 Å². The van der Waals surface area contributed by atoms with Crippen molar-refractivity contribution >= 4 is 23.4 Å².